The van der Waals surface area contributed by atoms with Gasteiger partial charge in [-0.25, -0.2) is 0 Å². The van der Waals surface area contributed by atoms with Crippen molar-refractivity contribution in [2.45, 2.75) is 61.3 Å². The van der Waals surface area contributed by atoms with Crippen LogP contribution in [0.5, 0.6) is 0 Å². The first-order chi connectivity index (χ1) is 12.6. The fourth-order valence-corrected chi connectivity index (χ4v) is 5.78. The molecule has 6 heteroatoms. The molecule has 3 unspecified atom stereocenters. The second kappa shape index (κ2) is 7.24. The smallest absolute Gasteiger partial charge is 0.257 e. The van der Waals surface area contributed by atoms with Crippen LogP contribution in [0.3, 0.4) is 0 Å². The zero-order chi connectivity index (χ0) is 18.1. The molecule has 1 N–H and O–H groups in total. The molecular formula is C20H26N2O3S. The summed E-state index contributed by atoms with van der Waals surface area (Å²) in [4.78, 5) is 27.3. The first kappa shape index (κ1) is 17.9. The molecule has 26 heavy (non-hydrogen) atoms. The quantitative estimate of drug-likeness (QED) is 0.803. The third-order valence-electron chi connectivity index (χ3n) is 5.78. The second-order valence-corrected chi connectivity index (χ2v) is 8.83. The van der Waals surface area contributed by atoms with Crippen molar-refractivity contribution in [1.29, 1.82) is 0 Å². The number of nitrogens with one attached hydrogen (secondary N) is 1. The minimum Gasteiger partial charge on any atom is -0.376 e. The van der Waals surface area contributed by atoms with Crippen LogP contribution in [-0.4, -0.2) is 35.9 Å². The van der Waals surface area contributed by atoms with Crippen LogP contribution in [0, 0.1) is 5.92 Å². The van der Waals surface area contributed by atoms with E-state index in [1.54, 1.807) is 4.90 Å². The molecule has 0 spiro atoms. The number of rotatable bonds is 5. The summed E-state index contributed by atoms with van der Waals surface area (Å²) in [6.45, 7) is 3.26. The maximum Gasteiger partial charge on any atom is 0.257 e. The van der Waals surface area contributed by atoms with Crippen molar-refractivity contribution in [3.05, 3.63) is 24.3 Å². The maximum absolute atomic E-state index is 13.0. The van der Waals surface area contributed by atoms with Crippen molar-refractivity contribution in [2.24, 2.45) is 5.92 Å². The number of carbonyl (C=O) groups is 2. The highest BCUT2D eigenvalue weighted by molar-refractivity contribution is 8.02. The molecule has 0 aromatic heterocycles. The Kier molecular flexibility index (Phi) is 4.97. The van der Waals surface area contributed by atoms with Crippen LogP contribution in [0.2, 0.25) is 0 Å². The average molecular weight is 375 g/mol. The maximum atomic E-state index is 13.0. The van der Waals surface area contributed by atoms with Gasteiger partial charge in [-0.05, 0) is 37.3 Å². The normalized spacial score (nSPS) is 30.2. The summed E-state index contributed by atoms with van der Waals surface area (Å²) >= 11 is 1.50. The average Bonchev–Trinajstić information content (AvgIpc) is 3.16. The summed E-state index contributed by atoms with van der Waals surface area (Å²) in [6, 6.07) is 7.77. The Morgan fingerprint density at radius 1 is 1.35 bits per heavy atom. The minimum absolute atomic E-state index is 0.0323. The van der Waals surface area contributed by atoms with E-state index in [2.05, 4.69) is 12.2 Å². The number of hydrogen-bond donors (Lipinski definition) is 1. The number of carbonyl (C=O) groups excluding carboxylic acids is 2. The molecule has 1 aromatic carbocycles. The Balaban J connectivity index is 1.36. The van der Waals surface area contributed by atoms with Crippen LogP contribution in [0.15, 0.2) is 29.2 Å². The molecule has 2 fully saturated rings. The van der Waals surface area contributed by atoms with Crippen molar-refractivity contribution >= 4 is 29.3 Å². The van der Waals surface area contributed by atoms with Gasteiger partial charge in [0.15, 0.2) is 4.87 Å². The van der Waals surface area contributed by atoms with Crippen LogP contribution < -0.4 is 10.2 Å². The van der Waals surface area contributed by atoms with E-state index in [1.807, 2.05) is 24.3 Å². The van der Waals surface area contributed by atoms with Gasteiger partial charge in [-0.3, -0.25) is 14.5 Å². The van der Waals surface area contributed by atoms with E-state index in [1.165, 1.54) is 31.0 Å². The molecule has 2 amide bonds. The zero-order valence-corrected chi connectivity index (χ0v) is 16.0. The standard InChI is InChI=1S/C20H26N2O3S/c1-14-6-2-4-8-16(14)25-13-12-21-19(24)20-11-10-18(23)22(20)15-7-3-5-9-17(15)26-20/h3,5,7,9,14,16H,2,4,6,8,10-13H2,1H3,(H,21,24). The van der Waals surface area contributed by atoms with Gasteiger partial charge in [0.25, 0.3) is 5.91 Å². The van der Waals surface area contributed by atoms with E-state index in [0.717, 1.165) is 17.0 Å². The molecule has 3 aliphatic rings. The number of fused-ring (bicyclic) bond motifs is 3. The van der Waals surface area contributed by atoms with Gasteiger partial charge in [-0.15, -0.1) is 0 Å². The Morgan fingerprint density at radius 2 is 2.15 bits per heavy atom. The summed E-state index contributed by atoms with van der Waals surface area (Å²) in [5.74, 6) is 0.551. The number of anilines is 1. The highest BCUT2D eigenvalue weighted by atomic mass is 32.2. The molecule has 5 nitrogen and oxygen atoms in total. The van der Waals surface area contributed by atoms with Gasteiger partial charge >= 0.3 is 0 Å². The lowest BCUT2D eigenvalue weighted by Gasteiger charge is -2.30. The molecular weight excluding hydrogens is 348 g/mol. The van der Waals surface area contributed by atoms with Crippen molar-refractivity contribution < 1.29 is 14.3 Å². The molecule has 0 bridgehead atoms. The number of hydrogen-bond acceptors (Lipinski definition) is 4. The van der Waals surface area contributed by atoms with Crippen LogP contribution >= 0.6 is 11.8 Å². The Labute approximate surface area is 158 Å². The minimum atomic E-state index is -0.821. The van der Waals surface area contributed by atoms with Gasteiger partial charge in [0.2, 0.25) is 5.91 Å². The van der Waals surface area contributed by atoms with Crippen molar-refractivity contribution in [3.8, 4) is 0 Å². The second-order valence-electron chi connectivity index (χ2n) is 7.51. The van der Waals surface area contributed by atoms with E-state index in [-0.39, 0.29) is 11.8 Å². The number of benzene rings is 1. The molecule has 1 saturated heterocycles. The van der Waals surface area contributed by atoms with E-state index in [4.69, 9.17) is 4.74 Å². The lowest BCUT2D eigenvalue weighted by molar-refractivity contribution is -0.125. The largest absolute Gasteiger partial charge is 0.376 e. The highest BCUT2D eigenvalue weighted by Gasteiger charge is 2.57. The summed E-state index contributed by atoms with van der Waals surface area (Å²) < 4.78 is 6.00. The molecule has 1 aliphatic carbocycles. The number of ether oxygens (including phenoxy) is 1. The lowest BCUT2D eigenvalue weighted by atomic mass is 9.88. The fraction of sp³-hybridized carbons (Fsp3) is 0.600. The fourth-order valence-electron chi connectivity index (χ4n) is 4.34. The van der Waals surface area contributed by atoms with Gasteiger partial charge in [-0.1, -0.05) is 43.7 Å². The molecule has 1 saturated carbocycles. The van der Waals surface area contributed by atoms with Gasteiger partial charge in [0.1, 0.15) is 0 Å². The monoisotopic (exact) mass is 374 g/mol. The Bertz CT molecular complexity index is 710. The van der Waals surface area contributed by atoms with Crippen LogP contribution in [0.4, 0.5) is 5.69 Å². The van der Waals surface area contributed by atoms with Crippen molar-refractivity contribution in [1.82, 2.24) is 5.32 Å². The van der Waals surface area contributed by atoms with Crippen LogP contribution in [0.1, 0.15) is 45.4 Å². The van der Waals surface area contributed by atoms with Crippen LogP contribution in [-0.2, 0) is 14.3 Å². The predicted octanol–water partition coefficient (Wildman–Crippen LogP) is 3.33. The number of nitrogens with zero attached hydrogens (tertiary/aromatic N) is 1. The number of amides is 2. The molecule has 2 aliphatic heterocycles. The van der Waals surface area contributed by atoms with E-state index in [0.29, 0.717) is 38.0 Å². The predicted molar refractivity (Wildman–Crippen MR) is 102 cm³/mol. The van der Waals surface area contributed by atoms with Gasteiger partial charge in [0, 0.05) is 17.9 Å². The molecule has 2 heterocycles. The number of thioether (sulfide) groups is 1. The summed E-state index contributed by atoms with van der Waals surface area (Å²) in [5.41, 5.74) is 0.863. The van der Waals surface area contributed by atoms with E-state index in [9.17, 15) is 9.59 Å². The molecule has 140 valence electrons. The SMILES string of the molecule is CC1CCCCC1OCCNC(=O)C12CCC(=O)N1c1ccccc1S2. The third kappa shape index (κ3) is 3.03. The van der Waals surface area contributed by atoms with Gasteiger partial charge in [-0.2, -0.15) is 0 Å². The topological polar surface area (TPSA) is 58.6 Å². The Hall–Kier alpha value is -1.53. The zero-order valence-electron chi connectivity index (χ0n) is 15.2. The highest BCUT2D eigenvalue weighted by Crippen LogP contribution is 2.55. The van der Waals surface area contributed by atoms with Gasteiger partial charge in [0.05, 0.1) is 18.4 Å². The molecule has 3 atom stereocenters. The first-order valence-corrected chi connectivity index (χ1v) is 10.4. The van der Waals surface area contributed by atoms with Gasteiger partial charge < -0.3 is 10.1 Å². The van der Waals surface area contributed by atoms with Crippen LogP contribution in [0.25, 0.3) is 0 Å². The summed E-state index contributed by atoms with van der Waals surface area (Å²) in [5, 5.41) is 3.02. The van der Waals surface area contributed by atoms with Crippen molar-refractivity contribution in [2.75, 3.05) is 18.1 Å². The van der Waals surface area contributed by atoms with E-state index >= 15 is 0 Å². The van der Waals surface area contributed by atoms with Crippen molar-refractivity contribution in [3.63, 3.8) is 0 Å². The molecule has 4 rings (SSSR count). The summed E-state index contributed by atoms with van der Waals surface area (Å²) in [6.07, 6.45) is 6.16. The lowest BCUT2D eigenvalue weighted by Crippen LogP contribution is -2.53. The third-order valence-corrected chi connectivity index (χ3v) is 7.26. The first-order valence-electron chi connectivity index (χ1n) is 9.63. The molecule has 1 aromatic rings. The Morgan fingerprint density at radius 3 is 3.00 bits per heavy atom. The number of para-hydroxylation sites is 1. The molecule has 0 radical (unpaired) electrons. The van der Waals surface area contributed by atoms with E-state index < -0.39 is 4.87 Å². The summed E-state index contributed by atoms with van der Waals surface area (Å²) in [7, 11) is 0.